The summed E-state index contributed by atoms with van der Waals surface area (Å²) in [6, 6.07) is -1.04. The Balaban J connectivity index is 2.57. The second-order valence-electron chi connectivity index (χ2n) is 24.6. The van der Waals surface area contributed by atoms with Gasteiger partial charge in [-0.1, -0.05) is 298 Å². The first-order valence-corrected chi connectivity index (χ1v) is 36.0. The molecule has 0 bridgehead atoms. The summed E-state index contributed by atoms with van der Waals surface area (Å²) in [4.78, 5) is 26.7. The number of carbonyl (C=O) groups excluding carboxylic acids is 2. The van der Waals surface area contributed by atoms with Crippen LogP contribution in [0.2, 0.25) is 0 Å². The van der Waals surface area contributed by atoms with E-state index in [1.807, 2.05) is 6.08 Å². The van der Waals surface area contributed by atoms with Gasteiger partial charge in [0.2, 0.25) is 5.91 Å². The van der Waals surface area contributed by atoms with Crippen molar-refractivity contribution in [2.45, 2.75) is 359 Å². The predicted molar refractivity (Wildman–Crippen MR) is 365 cm³/mol. The minimum Gasteiger partial charge on any atom is -0.454 e. The van der Waals surface area contributed by atoms with Crippen LogP contribution in [0.4, 0.5) is 0 Å². The average molecular weight is 1220 g/mol. The van der Waals surface area contributed by atoms with E-state index in [4.69, 9.17) is 14.2 Å². The number of hydrogen-bond acceptors (Lipinski definition) is 10. The van der Waals surface area contributed by atoms with Crippen molar-refractivity contribution in [1.29, 1.82) is 0 Å². The van der Waals surface area contributed by atoms with E-state index in [0.717, 1.165) is 109 Å². The number of aliphatic hydroxyl groups excluding tert-OH is 5. The molecule has 8 unspecified atom stereocenters. The summed E-state index contributed by atoms with van der Waals surface area (Å²) >= 11 is 0. The lowest BCUT2D eigenvalue weighted by Gasteiger charge is -2.41. The summed E-state index contributed by atoms with van der Waals surface area (Å²) in [5, 5.41) is 57.2. The number of rotatable bonds is 61. The van der Waals surface area contributed by atoms with Gasteiger partial charge in [-0.15, -0.1) is 0 Å². The molecule has 11 heteroatoms. The van der Waals surface area contributed by atoms with Crippen LogP contribution in [0.15, 0.2) is 97.2 Å². The van der Waals surface area contributed by atoms with E-state index in [9.17, 15) is 35.1 Å². The number of allylic oxidation sites excluding steroid dienone is 15. The quantitative estimate of drug-likeness (QED) is 0.0195. The zero-order chi connectivity index (χ0) is 63.1. The van der Waals surface area contributed by atoms with Crippen LogP contribution in [0.1, 0.15) is 310 Å². The maximum absolute atomic E-state index is 13.5. The molecule has 1 fully saturated rings. The van der Waals surface area contributed by atoms with Crippen LogP contribution in [0.25, 0.3) is 0 Å². The Morgan fingerprint density at radius 2 is 0.828 bits per heavy atom. The Morgan fingerprint density at radius 1 is 0.460 bits per heavy atom. The zero-order valence-corrected chi connectivity index (χ0v) is 55.9. The fraction of sp³-hybridized carbons (Fsp3) is 0.763. The second-order valence-corrected chi connectivity index (χ2v) is 24.6. The number of aliphatic hydroxyl groups is 5. The van der Waals surface area contributed by atoms with Crippen LogP contribution < -0.4 is 5.32 Å². The second kappa shape index (κ2) is 62.8. The summed E-state index contributed by atoms with van der Waals surface area (Å²) in [6.07, 6.45) is 74.5. The third-order valence-corrected chi connectivity index (χ3v) is 16.5. The van der Waals surface area contributed by atoms with E-state index in [1.54, 1.807) is 6.08 Å². The lowest BCUT2D eigenvalue weighted by Crippen LogP contribution is -2.61. The molecule has 1 amide bonds. The monoisotopic (exact) mass is 1220 g/mol. The van der Waals surface area contributed by atoms with Crippen molar-refractivity contribution in [2.24, 2.45) is 0 Å². The lowest BCUT2D eigenvalue weighted by molar-refractivity contribution is -0.305. The number of esters is 1. The van der Waals surface area contributed by atoms with E-state index in [2.05, 4.69) is 111 Å². The topological polar surface area (TPSA) is 175 Å². The number of unbranched alkanes of at least 4 members (excludes halogenated alkanes) is 33. The summed E-state index contributed by atoms with van der Waals surface area (Å²) in [5.41, 5.74) is 0. The van der Waals surface area contributed by atoms with Gasteiger partial charge >= 0.3 is 5.97 Å². The molecule has 0 aromatic rings. The number of ether oxygens (including phenoxy) is 3. The summed E-state index contributed by atoms with van der Waals surface area (Å²) in [7, 11) is 0. The van der Waals surface area contributed by atoms with Gasteiger partial charge in [0.1, 0.15) is 24.4 Å². The molecule has 0 radical (unpaired) electrons. The molecule has 0 aromatic heterocycles. The number of hydrogen-bond donors (Lipinski definition) is 6. The zero-order valence-electron chi connectivity index (χ0n) is 55.9. The van der Waals surface area contributed by atoms with Crippen molar-refractivity contribution in [1.82, 2.24) is 5.32 Å². The van der Waals surface area contributed by atoms with Gasteiger partial charge in [-0.05, 0) is 103 Å². The highest BCUT2D eigenvalue weighted by Crippen LogP contribution is 2.26. The van der Waals surface area contributed by atoms with Crippen molar-refractivity contribution >= 4 is 11.9 Å². The standard InChI is InChI=1S/C76H133NO10/c1-4-7-10-13-16-19-22-24-26-28-30-32-34-36-37-39-41-43-45-48-51-54-57-60-63-69(80)75(84)77-67(68(79)62-59-56-53-50-47-21-18-15-12-9-6-3)66-85-76-74(73(83)72(82)70(65-78)86-76)87-71(81)64-61-58-55-52-49-46-44-42-40-38-35-33-31-29-27-25-23-20-17-14-11-8-5-2/h7,10,16,19,24-27,30,32,36-37,41,43,59,62,67-70,72-74,76,78-80,82-83H,4-6,8-9,11-15,17-18,20-23,28-29,31,33-35,38-40,42,44-58,60-61,63-66H2,1-3H3,(H,77,84)/b10-7-,19-16-,26-24-,27-25+,32-30-,37-36-,43-41-,62-59+. The van der Waals surface area contributed by atoms with Crippen molar-refractivity contribution in [3.05, 3.63) is 97.2 Å². The predicted octanol–water partition coefficient (Wildman–Crippen LogP) is 18.6. The van der Waals surface area contributed by atoms with E-state index in [1.165, 1.54) is 154 Å². The maximum atomic E-state index is 13.5. The Bertz CT molecular complexity index is 1790. The van der Waals surface area contributed by atoms with Gasteiger partial charge in [0, 0.05) is 6.42 Å². The molecule has 1 aliphatic rings. The molecule has 6 N–H and O–H groups in total. The fourth-order valence-electron chi connectivity index (χ4n) is 10.8. The van der Waals surface area contributed by atoms with Crippen LogP contribution in [-0.4, -0.2) is 99.6 Å². The molecule has 0 aliphatic carbocycles. The Kier molecular flexibility index (Phi) is 58.9. The minimum atomic E-state index is -1.62. The van der Waals surface area contributed by atoms with E-state index in [-0.39, 0.29) is 19.4 Å². The van der Waals surface area contributed by atoms with Gasteiger partial charge in [0.05, 0.1) is 25.4 Å². The first kappa shape index (κ1) is 81.6. The highest BCUT2D eigenvalue weighted by molar-refractivity contribution is 5.80. The number of amides is 1. The molecular formula is C76H133NO10. The SMILES string of the molecule is CC/C=C\C/C=C\C/C=C\C/C=C\C/C=C\C/C=C\CCCCCCCC(O)C(=O)NC(COC1OC(CO)C(O)C(O)C1OC(=O)CCCCCCCCCCCCCCC/C=C/CCCCCCCC)C(O)/C=C/CCCCCCCCCCC. The third kappa shape index (κ3) is 50.0. The Labute approximate surface area is 533 Å². The Hall–Kier alpha value is -3.42. The first-order chi connectivity index (χ1) is 42.7. The van der Waals surface area contributed by atoms with Crippen molar-refractivity contribution in [3.8, 4) is 0 Å². The van der Waals surface area contributed by atoms with Crippen LogP contribution in [0, 0.1) is 0 Å². The van der Waals surface area contributed by atoms with Gasteiger partial charge in [-0.3, -0.25) is 9.59 Å². The van der Waals surface area contributed by atoms with E-state index >= 15 is 0 Å². The molecule has 0 saturated carbocycles. The lowest BCUT2D eigenvalue weighted by atomic mass is 9.99. The van der Waals surface area contributed by atoms with Gasteiger partial charge in [0.15, 0.2) is 12.4 Å². The molecule has 11 nitrogen and oxygen atoms in total. The molecule has 0 aromatic carbocycles. The highest BCUT2D eigenvalue weighted by Gasteiger charge is 2.47. The molecule has 1 aliphatic heterocycles. The van der Waals surface area contributed by atoms with Crippen LogP contribution in [0.3, 0.4) is 0 Å². The minimum absolute atomic E-state index is 0.119. The van der Waals surface area contributed by atoms with Crippen molar-refractivity contribution < 1.29 is 49.3 Å². The van der Waals surface area contributed by atoms with Crippen molar-refractivity contribution in [3.63, 3.8) is 0 Å². The van der Waals surface area contributed by atoms with E-state index in [0.29, 0.717) is 12.8 Å². The fourth-order valence-corrected chi connectivity index (χ4v) is 10.8. The molecule has 87 heavy (non-hydrogen) atoms. The number of carbonyl (C=O) groups is 2. The molecule has 1 heterocycles. The molecule has 502 valence electrons. The Morgan fingerprint density at radius 3 is 1.25 bits per heavy atom. The highest BCUT2D eigenvalue weighted by atomic mass is 16.7. The smallest absolute Gasteiger partial charge is 0.306 e. The van der Waals surface area contributed by atoms with Gasteiger partial charge < -0.3 is 45.1 Å². The number of nitrogens with one attached hydrogen (secondary N) is 1. The average Bonchev–Trinajstić information content (AvgIpc) is 1.30. The first-order valence-electron chi connectivity index (χ1n) is 36.0. The van der Waals surface area contributed by atoms with Crippen LogP contribution in [-0.2, 0) is 23.8 Å². The van der Waals surface area contributed by atoms with Crippen LogP contribution >= 0.6 is 0 Å². The largest absolute Gasteiger partial charge is 0.454 e. The molecule has 1 rings (SSSR count). The van der Waals surface area contributed by atoms with Crippen LogP contribution in [0.5, 0.6) is 0 Å². The summed E-state index contributed by atoms with van der Waals surface area (Å²) in [6.45, 7) is 5.68. The molecule has 8 atom stereocenters. The normalized spacial score (nSPS) is 18.8. The molecule has 1 saturated heterocycles. The van der Waals surface area contributed by atoms with Crippen molar-refractivity contribution in [2.75, 3.05) is 13.2 Å². The molecular weight excluding hydrogens is 1090 g/mol. The van der Waals surface area contributed by atoms with Gasteiger partial charge in [0.25, 0.3) is 0 Å². The summed E-state index contributed by atoms with van der Waals surface area (Å²) < 4.78 is 17.7. The van der Waals surface area contributed by atoms with Gasteiger partial charge in [-0.2, -0.15) is 0 Å². The molecule has 0 spiro atoms. The summed E-state index contributed by atoms with van der Waals surface area (Å²) in [5.74, 6) is -1.21. The van der Waals surface area contributed by atoms with Gasteiger partial charge in [-0.25, -0.2) is 0 Å². The third-order valence-electron chi connectivity index (χ3n) is 16.5. The van der Waals surface area contributed by atoms with E-state index < -0.39 is 67.4 Å². The maximum Gasteiger partial charge on any atom is 0.306 e.